The summed E-state index contributed by atoms with van der Waals surface area (Å²) in [4.78, 5) is 32.0. The topological polar surface area (TPSA) is 110 Å². The lowest BCUT2D eigenvalue weighted by atomic mass is 9.77. The molecule has 62 heavy (non-hydrogen) atoms. The van der Waals surface area contributed by atoms with E-state index in [2.05, 4.69) is 126 Å². The molecule has 0 unspecified atom stereocenters. The number of nitrogens with zero attached hydrogens (tertiary/aromatic N) is 7. The van der Waals surface area contributed by atoms with Crippen molar-refractivity contribution in [1.82, 2.24) is 34.3 Å². The van der Waals surface area contributed by atoms with Crippen LogP contribution in [0.2, 0.25) is 0 Å². The summed E-state index contributed by atoms with van der Waals surface area (Å²) in [5, 5.41) is 13.9. The number of tetrazole rings is 1. The molecule has 0 amide bonds. The summed E-state index contributed by atoms with van der Waals surface area (Å²) in [5.74, 6) is 0.989. The summed E-state index contributed by atoms with van der Waals surface area (Å²) >= 11 is 0. The summed E-state index contributed by atoms with van der Waals surface area (Å²) < 4.78 is 11.0. The number of benzene rings is 6. The number of ether oxygens (including phenoxy) is 1. The summed E-state index contributed by atoms with van der Waals surface area (Å²) in [6.07, 6.45) is 3.91. The molecule has 3 heterocycles. The summed E-state index contributed by atoms with van der Waals surface area (Å²) in [6.45, 7) is 2.01. The number of carbonyl (C=O) groups excluding carboxylic acids is 1. The van der Waals surface area contributed by atoms with E-state index in [4.69, 9.17) is 20.0 Å². The molecule has 6 aromatic carbocycles. The maximum Gasteiger partial charge on any atom is 0.326 e. The number of rotatable bonds is 12. The highest BCUT2D eigenvalue weighted by Crippen LogP contribution is 2.44. The van der Waals surface area contributed by atoms with Crippen LogP contribution in [-0.4, -0.2) is 40.3 Å². The fourth-order valence-electron chi connectivity index (χ4n) is 9.27. The molecular weight excluding hydrogens is 771 g/mol. The predicted molar refractivity (Wildman–Crippen MR) is 239 cm³/mol. The third-order valence-electron chi connectivity index (χ3n) is 12.1. The fraction of sp³-hybridized carbons (Fsp3) is 0.154. The molecule has 0 N–H and O–H groups in total. The predicted octanol–water partition coefficient (Wildman–Crippen LogP) is 9.20. The zero-order chi connectivity index (χ0) is 42.0. The van der Waals surface area contributed by atoms with Crippen LogP contribution in [0.15, 0.2) is 181 Å². The van der Waals surface area contributed by atoms with Crippen molar-refractivity contribution in [2.75, 3.05) is 0 Å². The quantitative estimate of drug-likeness (QED) is 0.0894. The smallest absolute Gasteiger partial charge is 0.326 e. The number of imidazole rings is 1. The van der Waals surface area contributed by atoms with Gasteiger partial charge in [-0.3, -0.25) is 9.59 Å². The second-order valence-electron chi connectivity index (χ2n) is 15.6. The summed E-state index contributed by atoms with van der Waals surface area (Å²) in [7, 11) is 0. The monoisotopic (exact) mass is 813 g/mol. The number of aryl methyl sites for hydroxylation is 2. The Morgan fingerprint density at radius 2 is 1.35 bits per heavy atom. The fourth-order valence-corrected chi connectivity index (χ4v) is 9.27. The number of pyridine rings is 1. The van der Waals surface area contributed by atoms with Crippen LogP contribution in [0.5, 0.6) is 0 Å². The molecule has 10 rings (SSSR count). The lowest BCUT2D eigenvalue weighted by Gasteiger charge is -2.36. The van der Waals surface area contributed by atoms with Gasteiger partial charge < -0.3 is 13.9 Å². The molecule has 1 aliphatic rings. The Bertz CT molecular complexity index is 2990. The molecule has 0 fully saturated rings. The average Bonchev–Trinajstić information content (AvgIpc) is 4.09. The molecule has 0 saturated carbocycles. The highest BCUT2D eigenvalue weighted by Gasteiger charge is 2.42. The van der Waals surface area contributed by atoms with Crippen molar-refractivity contribution < 1.29 is 9.53 Å². The molecule has 3 aromatic heterocycles. The van der Waals surface area contributed by atoms with Gasteiger partial charge in [-0.2, -0.15) is 0 Å². The van der Waals surface area contributed by atoms with Crippen molar-refractivity contribution in [3.8, 4) is 22.5 Å². The van der Waals surface area contributed by atoms with Crippen LogP contribution in [0.4, 0.5) is 0 Å². The Morgan fingerprint density at radius 3 is 2.00 bits per heavy atom. The van der Waals surface area contributed by atoms with Crippen molar-refractivity contribution in [3.63, 3.8) is 0 Å². The molecule has 1 aliphatic carbocycles. The van der Waals surface area contributed by atoms with Crippen molar-refractivity contribution in [2.24, 2.45) is 0 Å². The number of carbonyl (C=O) groups is 1. The first-order valence-electron chi connectivity index (χ1n) is 21.0. The van der Waals surface area contributed by atoms with Crippen LogP contribution in [0.25, 0.3) is 33.5 Å². The SMILES string of the molecule is CCc1nc2ccn(CC(=O)OCc3ccccc3)c(=O)c2n1[C@H]1CCc2cc(-c3ccccc3-c3nnnn3C(c3ccccc3)(c3ccccc3)c3ccccc3)ccc21. The average molecular weight is 814 g/mol. The number of hydrogen-bond donors (Lipinski definition) is 0. The molecule has 304 valence electrons. The van der Waals surface area contributed by atoms with Gasteiger partial charge in [0.05, 0.1) is 11.6 Å². The highest BCUT2D eigenvalue weighted by atomic mass is 16.5. The van der Waals surface area contributed by atoms with Gasteiger partial charge in [0.25, 0.3) is 5.56 Å². The summed E-state index contributed by atoms with van der Waals surface area (Å²) in [5.41, 5.74) is 9.23. The minimum Gasteiger partial charge on any atom is -0.459 e. The molecule has 0 bridgehead atoms. The normalized spacial score (nSPS) is 13.6. The maximum atomic E-state index is 14.2. The van der Waals surface area contributed by atoms with Gasteiger partial charge in [0.1, 0.15) is 30.0 Å². The molecule has 9 aromatic rings. The van der Waals surface area contributed by atoms with Crippen LogP contribution in [0, 0.1) is 0 Å². The number of hydrogen-bond acceptors (Lipinski definition) is 7. The van der Waals surface area contributed by atoms with Crippen LogP contribution < -0.4 is 5.56 Å². The minimum absolute atomic E-state index is 0.0987. The summed E-state index contributed by atoms with van der Waals surface area (Å²) in [6, 6.07) is 57.4. The van der Waals surface area contributed by atoms with Crippen molar-refractivity contribution in [2.45, 2.75) is 50.9 Å². The van der Waals surface area contributed by atoms with Gasteiger partial charge in [0.15, 0.2) is 5.82 Å². The minimum atomic E-state index is -0.896. The highest BCUT2D eigenvalue weighted by molar-refractivity contribution is 5.82. The molecule has 10 heteroatoms. The second-order valence-corrected chi connectivity index (χ2v) is 15.6. The van der Waals surface area contributed by atoms with Crippen LogP contribution in [0.3, 0.4) is 0 Å². The third-order valence-corrected chi connectivity index (χ3v) is 12.1. The zero-order valence-electron chi connectivity index (χ0n) is 34.2. The second kappa shape index (κ2) is 16.4. The standard InChI is InChI=1S/C52H43N7O3/c1-2-47-53-45-31-32-57(34-48(60)62-35-36-17-7-3-8-18-36)51(61)49(45)58(47)46-30-28-38-33-37(27-29-43(38)46)42-25-15-16-26-44(42)50-54-55-56-59(50)52(39-19-9-4-10-20-39,40-21-11-5-12-22-40)41-23-13-6-14-24-41/h3-27,29,31-33,46H,2,28,30,34-35H2,1H3/t46-/m0/s1. The molecular formula is C52H43N7O3. The van der Waals surface area contributed by atoms with E-state index in [0.717, 1.165) is 63.2 Å². The first kappa shape index (κ1) is 38.5. The molecule has 1 atom stereocenters. The third kappa shape index (κ3) is 6.70. The van der Waals surface area contributed by atoms with Gasteiger partial charge in [-0.05, 0) is 73.8 Å². The van der Waals surface area contributed by atoms with Gasteiger partial charge in [0, 0.05) is 18.2 Å². The van der Waals surface area contributed by atoms with E-state index in [1.54, 1.807) is 6.20 Å². The van der Waals surface area contributed by atoms with Gasteiger partial charge in [-0.1, -0.05) is 171 Å². The van der Waals surface area contributed by atoms with E-state index in [9.17, 15) is 9.59 Å². The van der Waals surface area contributed by atoms with Crippen molar-refractivity contribution in [3.05, 3.63) is 226 Å². The number of aromatic nitrogens is 7. The molecule has 0 aliphatic heterocycles. The maximum absolute atomic E-state index is 14.2. The molecule has 0 saturated heterocycles. The largest absolute Gasteiger partial charge is 0.459 e. The van der Waals surface area contributed by atoms with Crippen LogP contribution >= 0.6 is 0 Å². The first-order valence-corrected chi connectivity index (χ1v) is 21.0. The van der Waals surface area contributed by atoms with Gasteiger partial charge in [0.2, 0.25) is 0 Å². The zero-order valence-corrected chi connectivity index (χ0v) is 34.2. The lowest BCUT2D eigenvalue weighted by Crippen LogP contribution is -2.39. The van der Waals surface area contributed by atoms with Gasteiger partial charge >= 0.3 is 5.97 Å². The van der Waals surface area contributed by atoms with E-state index >= 15 is 0 Å². The molecule has 0 spiro atoms. The number of fused-ring (bicyclic) bond motifs is 2. The van der Waals surface area contributed by atoms with Crippen molar-refractivity contribution in [1.29, 1.82) is 0 Å². The number of esters is 1. The van der Waals surface area contributed by atoms with Gasteiger partial charge in [-0.25, -0.2) is 9.67 Å². The Balaban J connectivity index is 1.03. The Kier molecular flexibility index (Phi) is 10.2. The first-order chi connectivity index (χ1) is 30.5. The molecule has 10 nitrogen and oxygen atoms in total. The van der Waals surface area contributed by atoms with E-state index < -0.39 is 11.5 Å². The van der Waals surface area contributed by atoms with Gasteiger partial charge in [-0.15, -0.1) is 5.10 Å². The van der Waals surface area contributed by atoms with E-state index in [1.807, 2.05) is 65.3 Å². The van der Waals surface area contributed by atoms with E-state index in [0.29, 0.717) is 23.3 Å². The lowest BCUT2D eigenvalue weighted by molar-refractivity contribution is -0.145. The van der Waals surface area contributed by atoms with Crippen LogP contribution in [-0.2, 0) is 41.1 Å². The Hall–Kier alpha value is -7.72. The Labute approximate surface area is 358 Å². The van der Waals surface area contributed by atoms with E-state index in [-0.39, 0.29) is 24.8 Å². The Morgan fingerprint density at radius 1 is 0.742 bits per heavy atom. The molecule has 0 radical (unpaired) electrons. The van der Waals surface area contributed by atoms with E-state index in [1.165, 1.54) is 10.1 Å². The van der Waals surface area contributed by atoms with Crippen LogP contribution in [0.1, 0.15) is 58.6 Å². The van der Waals surface area contributed by atoms with Crippen molar-refractivity contribution >= 4 is 17.0 Å².